The van der Waals surface area contributed by atoms with Crippen molar-refractivity contribution in [3.05, 3.63) is 64.5 Å². The number of morpholine rings is 1. The Bertz CT molecular complexity index is 1010. The van der Waals surface area contributed by atoms with E-state index in [1.807, 2.05) is 30.3 Å². The van der Waals surface area contributed by atoms with Crippen LogP contribution in [0.4, 0.5) is 0 Å². The maximum absolute atomic E-state index is 12.4. The summed E-state index contributed by atoms with van der Waals surface area (Å²) in [4.78, 5) is 30.5. The van der Waals surface area contributed by atoms with Crippen LogP contribution in [0.3, 0.4) is 0 Å². The lowest BCUT2D eigenvalue weighted by Crippen LogP contribution is -2.50. The second-order valence-corrected chi connectivity index (χ2v) is 7.42. The molecule has 2 aromatic heterocycles. The molecule has 1 N–H and O–H groups in total. The highest BCUT2D eigenvalue weighted by atomic mass is 79.9. The Labute approximate surface area is 169 Å². The van der Waals surface area contributed by atoms with Gasteiger partial charge >= 0.3 is 0 Å². The number of fused-ring (bicyclic) bond motifs is 1. The summed E-state index contributed by atoms with van der Waals surface area (Å²) in [6.45, 7) is 1.26. The summed E-state index contributed by atoms with van der Waals surface area (Å²) in [6.07, 6.45) is 3.11. The zero-order valence-electron chi connectivity index (χ0n) is 14.9. The predicted molar refractivity (Wildman–Crippen MR) is 105 cm³/mol. The largest absolute Gasteiger partial charge is 0.365 e. The van der Waals surface area contributed by atoms with Crippen LogP contribution in [0.5, 0.6) is 0 Å². The van der Waals surface area contributed by atoms with Crippen molar-refractivity contribution in [3.63, 3.8) is 0 Å². The molecule has 1 aliphatic rings. The number of nitrogens with one attached hydrogen (secondary N) is 1. The van der Waals surface area contributed by atoms with Crippen molar-refractivity contribution in [2.45, 2.75) is 12.6 Å². The van der Waals surface area contributed by atoms with E-state index < -0.39 is 0 Å². The Morgan fingerprint density at radius 1 is 1.32 bits per heavy atom. The molecular formula is C19H18BrN5O3. The molecule has 28 heavy (non-hydrogen) atoms. The number of nitrogens with zero attached hydrogens (tertiary/aromatic N) is 4. The molecule has 1 saturated heterocycles. The van der Waals surface area contributed by atoms with Crippen molar-refractivity contribution in [1.29, 1.82) is 0 Å². The van der Waals surface area contributed by atoms with Crippen molar-refractivity contribution in [2.24, 2.45) is 0 Å². The maximum atomic E-state index is 12.4. The summed E-state index contributed by atoms with van der Waals surface area (Å²) in [5.41, 5.74) is 1.92. The number of aromatic nitrogens is 3. The predicted octanol–water partition coefficient (Wildman–Crippen LogP) is 1.65. The molecule has 1 atom stereocenters. The van der Waals surface area contributed by atoms with Gasteiger partial charge < -0.3 is 15.0 Å². The van der Waals surface area contributed by atoms with E-state index in [1.54, 1.807) is 23.4 Å². The van der Waals surface area contributed by atoms with Gasteiger partial charge in [0.2, 0.25) is 5.91 Å². The van der Waals surface area contributed by atoms with Crippen molar-refractivity contribution < 1.29 is 14.3 Å². The number of halogens is 1. The van der Waals surface area contributed by atoms with Crippen molar-refractivity contribution >= 4 is 33.4 Å². The second kappa shape index (κ2) is 8.07. The van der Waals surface area contributed by atoms with E-state index in [0.717, 1.165) is 10.0 Å². The number of hydrogen-bond acceptors (Lipinski definition) is 5. The smallest absolute Gasteiger partial charge is 0.271 e. The highest BCUT2D eigenvalue weighted by Gasteiger charge is 2.27. The van der Waals surface area contributed by atoms with Crippen LogP contribution in [-0.2, 0) is 16.1 Å². The topological polar surface area (TPSA) is 88.8 Å². The standard InChI is InChI=1S/C19H18BrN5O3/c20-14-7-21-17-6-16(23-25(17)10-14)19(27)22-8-15-11-24(18(26)12-28-15)9-13-4-2-1-3-5-13/h1-7,10,15H,8-9,11-12H2,(H,22,27). The van der Waals surface area contributed by atoms with E-state index in [4.69, 9.17) is 4.74 Å². The van der Waals surface area contributed by atoms with E-state index in [9.17, 15) is 9.59 Å². The third-order valence-corrected chi connectivity index (χ3v) is 4.85. The molecule has 3 aromatic rings. The molecule has 1 fully saturated rings. The zero-order chi connectivity index (χ0) is 19.5. The fraction of sp³-hybridized carbons (Fsp3) is 0.263. The Balaban J connectivity index is 1.35. The Hall–Kier alpha value is -2.78. The number of carbonyl (C=O) groups excluding carboxylic acids is 2. The van der Waals surface area contributed by atoms with Gasteiger partial charge in [0.25, 0.3) is 5.91 Å². The molecule has 2 amide bonds. The van der Waals surface area contributed by atoms with Crippen LogP contribution >= 0.6 is 15.9 Å². The minimum absolute atomic E-state index is 0.0136. The SMILES string of the molecule is O=C(NCC1CN(Cc2ccccc2)C(=O)CO1)c1cc2ncc(Br)cn2n1. The number of carbonyl (C=O) groups is 2. The number of amides is 2. The van der Waals surface area contributed by atoms with Crippen LogP contribution in [0, 0.1) is 0 Å². The number of hydrogen-bond donors (Lipinski definition) is 1. The molecule has 0 radical (unpaired) electrons. The molecule has 1 aliphatic heterocycles. The van der Waals surface area contributed by atoms with Crippen LogP contribution < -0.4 is 5.32 Å². The molecule has 1 aromatic carbocycles. The first-order valence-electron chi connectivity index (χ1n) is 8.81. The van der Waals surface area contributed by atoms with Gasteiger partial charge in [-0.25, -0.2) is 9.50 Å². The third-order valence-electron chi connectivity index (χ3n) is 4.44. The van der Waals surface area contributed by atoms with Crippen LogP contribution in [-0.4, -0.2) is 57.1 Å². The van der Waals surface area contributed by atoms with E-state index in [0.29, 0.717) is 25.3 Å². The van der Waals surface area contributed by atoms with Gasteiger partial charge in [0.05, 0.1) is 10.6 Å². The van der Waals surface area contributed by atoms with Crippen molar-refractivity contribution in [3.8, 4) is 0 Å². The summed E-state index contributed by atoms with van der Waals surface area (Å²) in [7, 11) is 0. The average molecular weight is 444 g/mol. The Kier molecular flexibility index (Phi) is 5.36. The van der Waals surface area contributed by atoms with Crippen LogP contribution in [0.1, 0.15) is 16.1 Å². The monoisotopic (exact) mass is 443 g/mol. The van der Waals surface area contributed by atoms with Crippen LogP contribution in [0.25, 0.3) is 5.65 Å². The van der Waals surface area contributed by atoms with Gasteiger partial charge in [-0.1, -0.05) is 30.3 Å². The number of ether oxygens (including phenoxy) is 1. The lowest BCUT2D eigenvalue weighted by atomic mass is 10.2. The van der Waals surface area contributed by atoms with Gasteiger partial charge in [0.1, 0.15) is 6.61 Å². The highest BCUT2D eigenvalue weighted by Crippen LogP contribution is 2.12. The minimum atomic E-state index is -0.309. The van der Waals surface area contributed by atoms with Gasteiger partial charge in [-0.3, -0.25) is 9.59 Å². The molecule has 8 nitrogen and oxygen atoms in total. The molecule has 9 heteroatoms. The average Bonchev–Trinajstić information content (AvgIpc) is 3.12. The van der Waals surface area contributed by atoms with Gasteiger partial charge in [0, 0.05) is 38.1 Å². The van der Waals surface area contributed by atoms with Crippen molar-refractivity contribution in [1.82, 2.24) is 24.8 Å². The van der Waals surface area contributed by atoms with E-state index in [2.05, 4.69) is 31.3 Å². The molecule has 1 unspecified atom stereocenters. The van der Waals surface area contributed by atoms with Gasteiger partial charge in [-0.2, -0.15) is 5.10 Å². The fourth-order valence-corrected chi connectivity index (χ4v) is 3.32. The molecule has 0 saturated carbocycles. The first-order chi connectivity index (χ1) is 13.6. The molecule has 0 bridgehead atoms. The van der Waals surface area contributed by atoms with Crippen molar-refractivity contribution in [2.75, 3.05) is 19.7 Å². The molecule has 3 heterocycles. The van der Waals surface area contributed by atoms with Crippen LogP contribution in [0.2, 0.25) is 0 Å². The molecule has 4 rings (SSSR count). The maximum Gasteiger partial charge on any atom is 0.271 e. The zero-order valence-corrected chi connectivity index (χ0v) is 16.5. The molecular weight excluding hydrogens is 426 g/mol. The van der Waals surface area contributed by atoms with Crippen LogP contribution in [0.15, 0.2) is 53.3 Å². The summed E-state index contributed by atoms with van der Waals surface area (Å²) in [5.74, 6) is -0.361. The number of benzene rings is 1. The van der Waals surface area contributed by atoms with Gasteiger partial charge in [0.15, 0.2) is 11.3 Å². The lowest BCUT2D eigenvalue weighted by molar-refractivity contribution is -0.149. The molecule has 0 aliphatic carbocycles. The first-order valence-corrected chi connectivity index (χ1v) is 9.60. The van der Waals surface area contributed by atoms with E-state index >= 15 is 0 Å². The summed E-state index contributed by atoms with van der Waals surface area (Å²) >= 11 is 3.32. The Morgan fingerprint density at radius 3 is 2.96 bits per heavy atom. The number of rotatable bonds is 5. The fourth-order valence-electron chi connectivity index (χ4n) is 3.02. The van der Waals surface area contributed by atoms with E-state index in [-0.39, 0.29) is 30.2 Å². The molecule has 0 spiro atoms. The second-order valence-electron chi connectivity index (χ2n) is 6.51. The minimum Gasteiger partial charge on any atom is -0.365 e. The highest BCUT2D eigenvalue weighted by molar-refractivity contribution is 9.10. The lowest BCUT2D eigenvalue weighted by Gasteiger charge is -2.32. The quantitative estimate of drug-likeness (QED) is 0.647. The normalized spacial score (nSPS) is 17.1. The van der Waals surface area contributed by atoms with E-state index in [1.165, 1.54) is 4.52 Å². The summed E-state index contributed by atoms with van der Waals surface area (Å²) in [5, 5.41) is 7.05. The first kappa shape index (κ1) is 18.6. The summed E-state index contributed by atoms with van der Waals surface area (Å²) in [6, 6.07) is 11.4. The Morgan fingerprint density at radius 2 is 2.14 bits per heavy atom. The van der Waals surface area contributed by atoms with Gasteiger partial charge in [-0.05, 0) is 21.5 Å². The third kappa shape index (κ3) is 4.20. The molecule has 144 valence electrons. The van der Waals surface area contributed by atoms with Gasteiger partial charge in [-0.15, -0.1) is 0 Å². The summed E-state index contributed by atoms with van der Waals surface area (Å²) < 4.78 is 7.88.